The van der Waals surface area contributed by atoms with Crippen molar-refractivity contribution in [2.24, 2.45) is 0 Å². The summed E-state index contributed by atoms with van der Waals surface area (Å²) < 4.78 is 4.60. The van der Waals surface area contributed by atoms with Gasteiger partial charge in [0.15, 0.2) is 5.82 Å². The minimum Gasteiger partial charge on any atom is -0.325 e. The minimum atomic E-state index is -0.109. The molecule has 9 heteroatoms. The Balaban J connectivity index is 1.30. The van der Waals surface area contributed by atoms with Crippen LogP contribution in [0.2, 0.25) is 0 Å². The van der Waals surface area contributed by atoms with Crippen molar-refractivity contribution < 1.29 is 9.42 Å². The van der Waals surface area contributed by atoms with Crippen molar-refractivity contribution >= 4 is 23.4 Å². The highest BCUT2D eigenvalue weighted by atomic mass is 16.6. The zero-order valence-corrected chi connectivity index (χ0v) is 16.2. The highest BCUT2D eigenvalue weighted by Gasteiger charge is 2.23. The molecular weight excluding hydrogens is 370 g/mol. The number of carbonyl (C=O) groups is 1. The number of pyridine rings is 2. The quantitative estimate of drug-likeness (QED) is 0.658. The normalized spacial score (nSPS) is 15.2. The molecule has 1 aliphatic rings. The standard InChI is InChI=1S/C20H23N7O2/c1-14-20(26-29-25-14)24-19(28)13-27-11-8-15(9-12-27)16-5-4-7-18(22-16)23-17-6-2-3-10-21-17/h2-7,10,15H,8-9,11-13H2,1H3,(H,21,22,23)(H,24,26,28). The Morgan fingerprint density at radius 2 is 1.97 bits per heavy atom. The maximum Gasteiger partial charge on any atom is 0.239 e. The number of anilines is 3. The third-order valence-corrected chi connectivity index (χ3v) is 4.98. The van der Waals surface area contributed by atoms with Crippen LogP contribution in [0.15, 0.2) is 47.2 Å². The van der Waals surface area contributed by atoms with Gasteiger partial charge in [0, 0.05) is 17.8 Å². The summed E-state index contributed by atoms with van der Waals surface area (Å²) >= 11 is 0. The van der Waals surface area contributed by atoms with E-state index in [4.69, 9.17) is 4.98 Å². The van der Waals surface area contributed by atoms with Crippen molar-refractivity contribution in [2.75, 3.05) is 30.3 Å². The molecule has 4 heterocycles. The molecule has 9 nitrogen and oxygen atoms in total. The number of aryl methyl sites for hydroxylation is 1. The molecule has 0 atom stereocenters. The van der Waals surface area contributed by atoms with Gasteiger partial charge in [-0.1, -0.05) is 17.3 Å². The average Bonchev–Trinajstić information content (AvgIpc) is 3.14. The van der Waals surface area contributed by atoms with Crippen molar-refractivity contribution in [3.8, 4) is 0 Å². The van der Waals surface area contributed by atoms with E-state index in [1.54, 1.807) is 13.1 Å². The maximum absolute atomic E-state index is 12.2. The first kappa shape index (κ1) is 19.0. The second kappa shape index (κ2) is 8.78. The molecule has 1 saturated heterocycles. The second-order valence-corrected chi connectivity index (χ2v) is 7.08. The van der Waals surface area contributed by atoms with Gasteiger partial charge in [0.25, 0.3) is 0 Å². The van der Waals surface area contributed by atoms with Crippen LogP contribution in [0, 0.1) is 6.92 Å². The van der Waals surface area contributed by atoms with Crippen LogP contribution in [0.3, 0.4) is 0 Å². The summed E-state index contributed by atoms with van der Waals surface area (Å²) in [6, 6.07) is 11.8. The van der Waals surface area contributed by atoms with E-state index in [2.05, 4.69) is 41.5 Å². The van der Waals surface area contributed by atoms with Gasteiger partial charge in [-0.2, -0.15) is 0 Å². The lowest BCUT2D eigenvalue weighted by molar-refractivity contribution is -0.117. The molecule has 0 spiro atoms. The molecule has 0 saturated carbocycles. The number of rotatable bonds is 6. The lowest BCUT2D eigenvalue weighted by Crippen LogP contribution is -2.39. The SMILES string of the molecule is Cc1nonc1NC(=O)CN1CCC(c2cccc(Nc3ccccn3)n2)CC1. The molecule has 3 aromatic rings. The number of hydrogen-bond acceptors (Lipinski definition) is 8. The van der Waals surface area contributed by atoms with Crippen LogP contribution in [-0.2, 0) is 4.79 Å². The number of amides is 1. The topological polar surface area (TPSA) is 109 Å². The molecule has 1 amide bonds. The molecule has 0 aliphatic carbocycles. The number of nitrogens with zero attached hydrogens (tertiary/aromatic N) is 5. The van der Waals surface area contributed by atoms with E-state index in [0.717, 1.165) is 43.3 Å². The van der Waals surface area contributed by atoms with Crippen molar-refractivity contribution in [1.82, 2.24) is 25.2 Å². The van der Waals surface area contributed by atoms with Gasteiger partial charge in [-0.3, -0.25) is 9.69 Å². The van der Waals surface area contributed by atoms with Gasteiger partial charge in [-0.05, 0) is 62.3 Å². The molecule has 29 heavy (non-hydrogen) atoms. The van der Waals surface area contributed by atoms with E-state index < -0.39 is 0 Å². The molecule has 0 aromatic carbocycles. The first-order chi connectivity index (χ1) is 14.2. The lowest BCUT2D eigenvalue weighted by atomic mass is 9.93. The Morgan fingerprint density at radius 1 is 1.14 bits per heavy atom. The van der Waals surface area contributed by atoms with Crippen molar-refractivity contribution in [3.63, 3.8) is 0 Å². The third-order valence-electron chi connectivity index (χ3n) is 4.98. The minimum absolute atomic E-state index is 0.109. The fraction of sp³-hybridized carbons (Fsp3) is 0.350. The van der Waals surface area contributed by atoms with Crippen LogP contribution >= 0.6 is 0 Å². The van der Waals surface area contributed by atoms with Crippen LogP contribution in [0.4, 0.5) is 17.5 Å². The molecule has 0 radical (unpaired) electrons. The van der Waals surface area contributed by atoms with Crippen molar-refractivity contribution in [3.05, 3.63) is 54.0 Å². The van der Waals surface area contributed by atoms with Crippen LogP contribution in [0.5, 0.6) is 0 Å². The Morgan fingerprint density at radius 3 is 2.69 bits per heavy atom. The summed E-state index contributed by atoms with van der Waals surface area (Å²) in [5.74, 6) is 2.21. The predicted octanol–water partition coefficient (Wildman–Crippen LogP) is 2.73. The summed E-state index contributed by atoms with van der Waals surface area (Å²) in [5.41, 5.74) is 1.64. The van der Waals surface area contributed by atoms with Crippen LogP contribution < -0.4 is 10.6 Å². The van der Waals surface area contributed by atoms with Crippen molar-refractivity contribution in [1.29, 1.82) is 0 Å². The zero-order valence-electron chi connectivity index (χ0n) is 16.2. The van der Waals surface area contributed by atoms with E-state index >= 15 is 0 Å². The van der Waals surface area contributed by atoms with Gasteiger partial charge >= 0.3 is 0 Å². The molecule has 3 aromatic heterocycles. The summed E-state index contributed by atoms with van der Waals surface area (Å²) in [7, 11) is 0. The number of aromatic nitrogens is 4. The fourth-order valence-corrected chi connectivity index (χ4v) is 3.42. The van der Waals surface area contributed by atoms with E-state index in [9.17, 15) is 4.79 Å². The number of likely N-dealkylation sites (tertiary alicyclic amines) is 1. The number of carbonyl (C=O) groups excluding carboxylic acids is 1. The molecule has 0 unspecified atom stereocenters. The summed E-state index contributed by atoms with van der Waals surface area (Å²) in [6.07, 6.45) is 3.66. The van der Waals surface area contributed by atoms with Crippen LogP contribution in [0.1, 0.15) is 30.1 Å². The molecule has 150 valence electrons. The number of piperidine rings is 1. The molecule has 0 bridgehead atoms. The monoisotopic (exact) mass is 393 g/mol. The number of hydrogen-bond donors (Lipinski definition) is 2. The van der Waals surface area contributed by atoms with Gasteiger partial charge in [0.1, 0.15) is 17.3 Å². The average molecular weight is 393 g/mol. The first-order valence-corrected chi connectivity index (χ1v) is 9.64. The van der Waals surface area contributed by atoms with Crippen LogP contribution in [-0.4, -0.2) is 50.7 Å². The predicted molar refractivity (Wildman–Crippen MR) is 108 cm³/mol. The zero-order chi connectivity index (χ0) is 20.1. The van der Waals surface area contributed by atoms with Gasteiger partial charge in [-0.15, -0.1) is 0 Å². The van der Waals surface area contributed by atoms with E-state index in [0.29, 0.717) is 24.0 Å². The third kappa shape index (κ3) is 4.94. The Kier molecular flexibility index (Phi) is 5.76. The summed E-state index contributed by atoms with van der Waals surface area (Å²) in [6.45, 7) is 3.75. The largest absolute Gasteiger partial charge is 0.325 e. The Hall–Kier alpha value is -3.33. The molecule has 1 aliphatic heterocycles. The maximum atomic E-state index is 12.2. The molecule has 4 rings (SSSR count). The van der Waals surface area contributed by atoms with Gasteiger partial charge in [0.2, 0.25) is 5.91 Å². The Bertz CT molecular complexity index is 952. The van der Waals surface area contributed by atoms with E-state index in [1.807, 2.05) is 30.3 Å². The smallest absolute Gasteiger partial charge is 0.239 e. The second-order valence-electron chi connectivity index (χ2n) is 7.08. The highest BCUT2D eigenvalue weighted by Crippen LogP contribution is 2.27. The van der Waals surface area contributed by atoms with Gasteiger partial charge in [-0.25, -0.2) is 14.6 Å². The van der Waals surface area contributed by atoms with Gasteiger partial charge in [0.05, 0.1) is 6.54 Å². The van der Waals surface area contributed by atoms with Crippen molar-refractivity contribution in [2.45, 2.75) is 25.7 Å². The summed E-state index contributed by atoms with van der Waals surface area (Å²) in [5, 5.41) is 13.3. The van der Waals surface area contributed by atoms with Gasteiger partial charge < -0.3 is 10.6 Å². The molecule has 1 fully saturated rings. The summed E-state index contributed by atoms with van der Waals surface area (Å²) in [4.78, 5) is 23.4. The highest BCUT2D eigenvalue weighted by molar-refractivity contribution is 5.91. The van der Waals surface area contributed by atoms with E-state index in [1.165, 1.54) is 0 Å². The molecule has 2 N–H and O–H groups in total. The van der Waals surface area contributed by atoms with E-state index in [-0.39, 0.29) is 5.91 Å². The van der Waals surface area contributed by atoms with Crippen LogP contribution in [0.25, 0.3) is 0 Å². The first-order valence-electron chi connectivity index (χ1n) is 9.64. The fourth-order valence-electron chi connectivity index (χ4n) is 3.42. The molecular formula is C20H23N7O2. The number of nitrogens with one attached hydrogen (secondary N) is 2. The lowest BCUT2D eigenvalue weighted by Gasteiger charge is -2.31. The Labute approximate surface area is 168 Å².